The number of amides is 1. The summed E-state index contributed by atoms with van der Waals surface area (Å²) in [5.41, 5.74) is 2.10. The van der Waals surface area contributed by atoms with Crippen LogP contribution in [0.5, 0.6) is 0 Å². The van der Waals surface area contributed by atoms with E-state index in [2.05, 4.69) is 18.2 Å². The van der Waals surface area contributed by atoms with E-state index in [4.69, 9.17) is 0 Å². The lowest BCUT2D eigenvalue weighted by Crippen LogP contribution is -2.41. The standard InChI is InChI=1S/C16H18N2O3.C2H4/c1-4-17-15-13(10(2)12-8-6-5-7-9-12)14(19)11(3)16(20)18(15)21;1-2/h5-9,19,21H,4H2,1-3H3;1-2H2/b13-10+,17-15?;. The van der Waals surface area contributed by atoms with Gasteiger partial charge in [0.15, 0.2) is 5.84 Å². The zero-order valence-corrected chi connectivity index (χ0v) is 13.7. The fraction of sp³-hybridized carbons (Fsp3) is 0.222. The Labute approximate surface area is 136 Å². The van der Waals surface area contributed by atoms with Gasteiger partial charge in [-0.05, 0) is 31.9 Å². The Morgan fingerprint density at radius 2 is 1.83 bits per heavy atom. The summed E-state index contributed by atoms with van der Waals surface area (Å²) in [7, 11) is 0. The summed E-state index contributed by atoms with van der Waals surface area (Å²) in [6, 6.07) is 9.45. The highest BCUT2D eigenvalue weighted by Gasteiger charge is 2.34. The maximum absolute atomic E-state index is 11.9. The molecule has 0 saturated carbocycles. The van der Waals surface area contributed by atoms with Crippen LogP contribution in [0.15, 0.2) is 65.4 Å². The number of hydrogen-bond acceptors (Lipinski definition) is 4. The first-order valence-electron chi connectivity index (χ1n) is 7.23. The second-order valence-corrected chi connectivity index (χ2v) is 4.75. The molecule has 0 unspecified atom stereocenters. The number of aliphatic hydroxyl groups is 1. The first-order valence-corrected chi connectivity index (χ1v) is 7.23. The minimum absolute atomic E-state index is 0.0759. The van der Waals surface area contributed by atoms with Crippen molar-refractivity contribution >= 4 is 17.3 Å². The predicted octanol–water partition coefficient (Wildman–Crippen LogP) is 3.74. The summed E-state index contributed by atoms with van der Waals surface area (Å²) in [6.45, 7) is 11.5. The van der Waals surface area contributed by atoms with Gasteiger partial charge in [0, 0.05) is 6.54 Å². The second kappa shape index (κ2) is 8.10. The number of aliphatic hydroxyl groups excluding tert-OH is 1. The highest BCUT2D eigenvalue weighted by Crippen LogP contribution is 2.30. The van der Waals surface area contributed by atoms with Crippen molar-refractivity contribution in [3.05, 3.63) is 66.0 Å². The SMILES string of the molecule is C=C.CCN=C1/C(=C(\C)c2ccccc2)C(O)=C(C)C(=O)N1O. The highest BCUT2D eigenvalue weighted by molar-refractivity contribution is 6.20. The number of amidine groups is 1. The van der Waals surface area contributed by atoms with E-state index in [1.54, 1.807) is 6.92 Å². The van der Waals surface area contributed by atoms with Gasteiger partial charge in [0.25, 0.3) is 5.91 Å². The first kappa shape index (κ1) is 18.4. The van der Waals surface area contributed by atoms with E-state index in [1.165, 1.54) is 6.92 Å². The van der Waals surface area contributed by atoms with Crippen LogP contribution in [0.4, 0.5) is 0 Å². The molecule has 0 atom stereocenters. The van der Waals surface area contributed by atoms with Crippen molar-refractivity contribution in [1.82, 2.24) is 5.06 Å². The molecule has 0 radical (unpaired) electrons. The molecule has 2 rings (SSSR count). The molecule has 122 valence electrons. The third kappa shape index (κ3) is 3.57. The van der Waals surface area contributed by atoms with Crippen LogP contribution in [0.25, 0.3) is 5.57 Å². The number of aliphatic imine (C=N–C) groups is 1. The third-order valence-electron chi connectivity index (χ3n) is 3.42. The normalized spacial score (nSPS) is 18.7. The van der Waals surface area contributed by atoms with Gasteiger partial charge in [-0.3, -0.25) is 15.0 Å². The molecule has 1 amide bonds. The van der Waals surface area contributed by atoms with Crippen molar-refractivity contribution in [3.63, 3.8) is 0 Å². The summed E-state index contributed by atoms with van der Waals surface area (Å²) in [5.74, 6) is -0.727. The van der Waals surface area contributed by atoms with Crippen molar-refractivity contribution in [2.24, 2.45) is 4.99 Å². The Morgan fingerprint density at radius 3 is 2.35 bits per heavy atom. The van der Waals surface area contributed by atoms with E-state index >= 15 is 0 Å². The van der Waals surface area contributed by atoms with E-state index in [9.17, 15) is 15.1 Å². The van der Waals surface area contributed by atoms with Gasteiger partial charge < -0.3 is 5.11 Å². The van der Waals surface area contributed by atoms with Crippen LogP contribution in [-0.4, -0.2) is 33.7 Å². The van der Waals surface area contributed by atoms with E-state index < -0.39 is 5.91 Å². The minimum atomic E-state index is -0.663. The molecular formula is C18H22N2O3. The molecule has 1 aliphatic heterocycles. The van der Waals surface area contributed by atoms with Crippen LogP contribution >= 0.6 is 0 Å². The number of rotatable bonds is 2. The summed E-state index contributed by atoms with van der Waals surface area (Å²) >= 11 is 0. The number of hydroxylamine groups is 2. The summed E-state index contributed by atoms with van der Waals surface area (Å²) in [4.78, 5) is 16.0. The summed E-state index contributed by atoms with van der Waals surface area (Å²) in [5, 5.41) is 20.8. The molecule has 1 heterocycles. The number of carbonyl (C=O) groups is 1. The van der Waals surface area contributed by atoms with Crippen LogP contribution in [0.1, 0.15) is 26.3 Å². The first-order chi connectivity index (χ1) is 11.0. The second-order valence-electron chi connectivity index (χ2n) is 4.75. The number of nitrogens with zero attached hydrogens (tertiary/aromatic N) is 2. The lowest BCUT2D eigenvalue weighted by molar-refractivity contribution is -0.145. The molecular weight excluding hydrogens is 292 g/mol. The maximum Gasteiger partial charge on any atom is 0.282 e. The average molecular weight is 314 g/mol. The molecule has 0 spiro atoms. The molecule has 1 aliphatic rings. The third-order valence-corrected chi connectivity index (χ3v) is 3.42. The number of allylic oxidation sites excluding steroid dienone is 1. The van der Waals surface area contributed by atoms with E-state index in [0.717, 1.165) is 11.1 Å². The molecule has 23 heavy (non-hydrogen) atoms. The molecule has 0 aliphatic carbocycles. The molecule has 5 heteroatoms. The zero-order chi connectivity index (χ0) is 17.6. The topological polar surface area (TPSA) is 73.1 Å². The van der Waals surface area contributed by atoms with Gasteiger partial charge in [-0.1, -0.05) is 30.3 Å². The Balaban J connectivity index is 0.00000127. The summed E-state index contributed by atoms with van der Waals surface area (Å²) < 4.78 is 0. The number of benzene rings is 1. The van der Waals surface area contributed by atoms with Crippen LogP contribution in [0, 0.1) is 0 Å². The average Bonchev–Trinajstić information content (AvgIpc) is 2.60. The van der Waals surface area contributed by atoms with Crippen molar-refractivity contribution in [2.75, 3.05) is 6.54 Å². The lowest BCUT2D eigenvalue weighted by atomic mass is 9.94. The predicted molar refractivity (Wildman–Crippen MR) is 92.2 cm³/mol. The largest absolute Gasteiger partial charge is 0.507 e. The maximum atomic E-state index is 11.9. The number of carbonyl (C=O) groups excluding carboxylic acids is 1. The highest BCUT2D eigenvalue weighted by atomic mass is 16.5. The lowest BCUT2D eigenvalue weighted by Gasteiger charge is -2.27. The molecule has 1 aromatic rings. The fourth-order valence-corrected chi connectivity index (χ4v) is 2.23. The Morgan fingerprint density at radius 1 is 1.26 bits per heavy atom. The van der Waals surface area contributed by atoms with Crippen LogP contribution < -0.4 is 0 Å². The molecule has 0 bridgehead atoms. The van der Waals surface area contributed by atoms with Gasteiger partial charge in [0.1, 0.15) is 5.76 Å². The number of hydrogen-bond donors (Lipinski definition) is 2. The van der Waals surface area contributed by atoms with Crippen molar-refractivity contribution in [2.45, 2.75) is 20.8 Å². The Bertz CT molecular complexity index is 673. The molecule has 0 saturated heterocycles. The monoisotopic (exact) mass is 314 g/mol. The van der Waals surface area contributed by atoms with Gasteiger partial charge in [0.2, 0.25) is 0 Å². The quantitative estimate of drug-likeness (QED) is 0.645. The van der Waals surface area contributed by atoms with Gasteiger partial charge in [-0.15, -0.1) is 13.2 Å². The van der Waals surface area contributed by atoms with Crippen LogP contribution in [-0.2, 0) is 4.79 Å². The molecule has 2 N–H and O–H groups in total. The zero-order valence-electron chi connectivity index (χ0n) is 13.7. The minimum Gasteiger partial charge on any atom is -0.507 e. The Hall–Kier alpha value is -2.66. The van der Waals surface area contributed by atoms with Gasteiger partial charge in [-0.25, -0.2) is 0 Å². The van der Waals surface area contributed by atoms with Gasteiger partial charge in [0.05, 0.1) is 11.1 Å². The molecule has 0 aromatic heterocycles. The molecule has 1 aromatic carbocycles. The van der Waals surface area contributed by atoms with Crippen molar-refractivity contribution in [1.29, 1.82) is 0 Å². The van der Waals surface area contributed by atoms with Gasteiger partial charge in [-0.2, -0.15) is 5.06 Å². The molecule has 5 nitrogen and oxygen atoms in total. The van der Waals surface area contributed by atoms with Crippen molar-refractivity contribution < 1.29 is 15.1 Å². The fourth-order valence-electron chi connectivity index (χ4n) is 2.23. The van der Waals surface area contributed by atoms with Gasteiger partial charge >= 0.3 is 0 Å². The van der Waals surface area contributed by atoms with E-state index in [-0.39, 0.29) is 17.2 Å². The Kier molecular flexibility index (Phi) is 6.48. The smallest absolute Gasteiger partial charge is 0.282 e. The van der Waals surface area contributed by atoms with E-state index in [0.29, 0.717) is 17.2 Å². The van der Waals surface area contributed by atoms with Crippen LogP contribution in [0.2, 0.25) is 0 Å². The molecule has 0 fully saturated rings. The van der Waals surface area contributed by atoms with E-state index in [1.807, 2.05) is 37.3 Å². The summed E-state index contributed by atoms with van der Waals surface area (Å²) in [6.07, 6.45) is 0. The van der Waals surface area contributed by atoms with Crippen molar-refractivity contribution in [3.8, 4) is 0 Å². The van der Waals surface area contributed by atoms with Crippen LogP contribution in [0.3, 0.4) is 0 Å².